The van der Waals surface area contributed by atoms with Crippen LogP contribution in [0.4, 0.5) is 0 Å². The molecular weight excluding hydrogens is 557 g/mol. The molecule has 1 saturated heterocycles. The predicted octanol–water partition coefficient (Wildman–Crippen LogP) is 7.86. The molecule has 1 aliphatic carbocycles. The van der Waals surface area contributed by atoms with Crippen molar-refractivity contribution in [2.45, 2.75) is 45.3 Å². The second-order valence-corrected chi connectivity index (χ2v) is 16.0. The van der Waals surface area contributed by atoms with Gasteiger partial charge in [0.05, 0.1) is 0 Å². The third-order valence-corrected chi connectivity index (χ3v) is 13.7. The Morgan fingerprint density at radius 1 is 0.674 bits per heavy atom. The Labute approximate surface area is 269 Å². The van der Waals surface area contributed by atoms with Gasteiger partial charge >= 0.3 is 270 Å². The zero-order valence-corrected chi connectivity index (χ0v) is 27.2. The summed E-state index contributed by atoms with van der Waals surface area (Å²) in [5.41, 5.74) is 1.59. The van der Waals surface area contributed by atoms with E-state index in [1.807, 2.05) is 0 Å². The van der Waals surface area contributed by atoms with Crippen molar-refractivity contribution in [2.24, 2.45) is 5.92 Å². The van der Waals surface area contributed by atoms with Crippen LogP contribution >= 0.6 is 15.8 Å². The van der Waals surface area contributed by atoms with Crippen LogP contribution in [0, 0.1) is 5.92 Å². The third-order valence-electron chi connectivity index (χ3n) is 8.40. The number of benzene rings is 4. The van der Waals surface area contributed by atoms with Gasteiger partial charge in [-0.25, -0.2) is 0 Å². The summed E-state index contributed by atoms with van der Waals surface area (Å²) in [5.74, 6) is 0.538. The zero-order valence-electron chi connectivity index (χ0n) is 25.4. The number of hydrogen-bond donors (Lipinski definition) is 0. The summed E-state index contributed by atoms with van der Waals surface area (Å²) in [4.78, 5) is 0. The first kappa shape index (κ1) is 30.8. The van der Waals surface area contributed by atoms with Crippen LogP contribution in [0.3, 0.4) is 0 Å². The molecule has 0 amide bonds. The second kappa shape index (κ2) is 15.1. The normalized spacial score (nSPS) is 16.9. The Hall–Kier alpha value is -2.26. The van der Waals surface area contributed by atoms with Crippen molar-refractivity contribution in [1.29, 1.82) is 0 Å². The summed E-state index contributed by atoms with van der Waals surface area (Å²) in [6.07, 6.45) is 5.15. The van der Waals surface area contributed by atoms with Gasteiger partial charge in [-0.2, -0.15) is 0 Å². The van der Waals surface area contributed by atoms with Gasteiger partial charge in [0.1, 0.15) is 0 Å². The van der Waals surface area contributed by atoms with E-state index in [1.54, 1.807) is 20.4 Å². The van der Waals surface area contributed by atoms with Crippen LogP contribution < -0.4 is 21.2 Å². The predicted molar refractivity (Wildman–Crippen MR) is 186 cm³/mol. The molecule has 1 fully saturated rings. The molecule has 1 atom stereocenters. The molecule has 1 unspecified atom stereocenters. The molecular formula is C38H39LiO2P2. The van der Waals surface area contributed by atoms with Crippen LogP contribution in [-0.2, 0) is 9.47 Å². The van der Waals surface area contributed by atoms with E-state index in [-0.39, 0.29) is 6.29 Å². The summed E-state index contributed by atoms with van der Waals surface area (Å²) in [6.45, 7) is 4.06. The molecule has 5 heteroatoms. The first-order chi connectivity index (χ1) is 21.2. The number of allylic oxidation sites excluding steroid dienone is 4. The van der Waals surface area contributed by atoms with Gasteiger partial charge in [-0.1, -0.05) is 0 Å². The molecule has 43 heavy (non-hydrogen) atoms. The second-order valence-electron chi connectivity index (χ2n) is 11.7. The van der Waals surface area contributed by atoms with Gasteiger partial charge in [-0.05, 0) is 0 Å². The van der Waals surface area contributed by atoms with Crippen LogP contribution in [-0.4, -0.2) is 37.2 Å². The van der Waals surface area contributed by atoms with Crippen LogP contribution in [0.15, 0.2) is 142 Å². The van der Waals surface area contributed by atoms with Crippen molar-refractivity contribution in [2.75, 3.05) is 13.2 Å². The molecule has 6 rings (SSSR count). The molecule has 0 bridgehead atoms. The fourth-order valence-electron chi connectivity index (χ4n) is 6.29. The van der Waals surface area contributed by atoms with Crippen LogP contribution in [0.25, 0.3) is 0 Å². The fraction of sp³-hybridized carbons (Fsp3) is 0.263. The van der Waals surface area contributed by atoms with E-state index in [1.165, 1.54) is 21.2 Å². The molecule has 4 aromatic carbocycles. The molecule has 1 heterocycles. The molecule has 4 aromatic rings. The van der Waals surface area contributed by atoms with Crippen molar-refractivity contribution in [3.63, 3.8) is 0 Å². The molecule has 214 valence electrons. The van der Waals surface area contributed by atoms with E-state index in [0.717, 1.165) is 45.3 Å². The monoisotopic (exact) mass is 596 g/mol. The molecule has 0 radical (unpaired) electrons. The van der Waals surface area contributed by atoms with Crippen LogP contribution in [0.1, 0.15) is 39.0 Å². The summed E-state index contributed by atoms with van der Waals surface area (Å²) >= 11 is 2.40. The Balaban J connectivity index is 1.47. The van der Waals surface area contributed by atoms with Crippen molar-refractivity contribution >= 4 is 54.8 Å². The van der Waals surface area contributed by atoms with Gasteiger partial charge in [0, 0.05) is 0 Å². The van der Waals surface area contributed by atoms with Crippen molar-refractivity contribution in [3.8, 4) is 0 Å². The molecule has 2 aliphatic rings. The van der Waals surface area contributed by atoms with Crippen molar-refractivity contribution in [1.82, 2.24) is 0 Å². The van der Waals surface area contributed by atoms with Gasteiger partial charge < -0.3 is 0 Å². The molecule has 0 saturated carbocycles. The van der Waals surface area contributed by atoms with E-state index in [2.05, 4.69) is 146 Å². The quantitative estimate of drug-likeness (QED) is 0.130. The average Bonchev–Trinajstić information content (AvgIpc) is 3.37. The molecule has 1 aliphatic heterocycles. The maximum absolute atomic E-state index is 5.90. The fourth-order valence-corrected chi connectivity index (χ4v) is 12.1. The minimum absolute atomic E-state index is 0.0461. The Morgan fingerprint density at radius 3 is 1.58 bits per heavy atom. The van der Waals surface area contributed by atoms with E-state index >= 15 is 0 Å². The Kier molecular flexibility index (Phi) is 10.8. The van der Waals surface area contributed by atoms with E-state index in [0.29, 0.717) is 5.92 Å². The van der Waals surface area contributed by atoms with E-state index < -0.39 is 15.8 Å². The van der Waals surface area contributed by atoms with E-state index in [4.69, 9.17) is 9.47 Å². The van der Waals surface area contributed by atoms with Gasteiger partial charge in [0.15, 0.2) is 0 Å². The molecule has 2 nitrogen and oxygen atoms in total. The van der Waals surface area contributed by atoms with Gasteiger partial charge in [-0.15, -0.1) is 0 Å². The minimum atomic E-state index is -0.734. The van der Waals surface area contributed by atoms with Gasteiger partial charge in [0.25, 0.3) is 0 Å². The standard InChI is InChI=1S/C38H39O2P2.Li/c1-30(23-26-37-39-27-14-28-40-37)29-31-24-25-36(41(32-15-6-2-7-16-32)33-17-8-3-9-18-33)38(31)42(34-19-10-4-11-20-34)35-21-12-5-13-22-35;/h2-13,15-22,30,37H,14,23,25-29H2,1H3;. The average molecular weight is 597 g/mol. The topological polar surface area (TPSA) is 18.5 Å². The zero-order chi connectivity index (χ0) is 29.4. The maximum atomic E-state index is 5.90. The van der Waals surface area contributed by atoms with Crippen LogP contribution in [0.2, 0.25) is 0 Å². The first-order valence-electron chi connectivity index (χ1n) is 15.6. The van der Waals surface area contributed by atoms with Gasteiger partial charge in [0.2, 0.25) is 0 Å². The Morgan fingerprint density at radius 2 is 1.12 bits per heavy atom. The van der Waals surface area contributed by atoms with Crippen molar-refractivity contribution < 1.29 is 9.47 Å². The molecule has 0 N–H and O–H groups in total. The Bertz CT molecular complexity index is 1440. The summed E-state index contributed by atoms with van der Waals surface area (Å²) in [5, 5.41) is 8.96. The third kappa shape index (κ3) is 7.52. The number of hydrogen-bond acceptors (Lipinski definition) is 2. The number of rotatable bonds is 11. The molecule has 0 spiro atoms. The van der Waals surface area contributed by atoms with Gasteiger partial charge in [-0.3, -0.25) is 0 Å². The van der Waals surface area contributed by atoms with Crippen LogP contribution in [0.5, 0.6) is 0 Å². The number of ether oxygens (including phenoxy) is 2. The summed E-state index contributed by atoms with van der Waals surface area (Å²) in [7, 11) is -1.42. The SMILES string of the molecule is [Li][C]1=C(CC(C)CCC2OCCCO2)C(P(c2ccccc2)c2ccccc2)=C(P(c2ccccc2)c2ccccc2)C1. The van der Waals surface area contributed by atoms with E-state index in [9.17, 15) is 0 Å². The van der Waals surface area contributed by atoms with Crippen molar-refractivity contribution in [3.05, 3.63) is 142 Å². The first-order valence-corrected chi connectivity index (χ1v) is 18.3. The summed E-state index contributed by atoms with van der Waals surface area (Å²) < 4.78 is 13.3. The summed E-state index contributed by atoms with van der Waals surface area (Å²) in [6, 6.07) is 45.0. The molecule has 0 aromatic heterocycles.